The van der Waals surface area contributed by atoms with E-state index in [1.165, 1.54) is 5.56 Å². The van der Waals surface area contributed by atoms with E-state index in [9.17, 15) is 4.79 Å². The van der Waals surface area contributed by atoms with E-state index >= 15 is 0 Å². The Hall–Kier alpha value is -2.99. The smallest absolute Gasteiger partial charge is 0.251 e. The standard InChI is InChI=1S/C19H18N4O2/c24-19(15-5-3-6-16(10-15)23-12-21-22-13-23)20-11-18-17-7-2-1-4-14(17)8-9-25-18/h1-7,10,12-13,18H,8-9,11H2,(H,20,24)/t18-/m0/s1. The van der Waals surface area contributed by atoms with Gasteiger partial charge in [-0.2, -0.15) is 0 Å². The minimum Gasteiger partial charge on any atom is -0.371 e. The fourth-order valence-electron chi connectivity index (χ4n) is 3.08. The predicted octanol–water partition coefficient (Wildman–Crippen LogP) is 2.31. The summed E-state index contributed by atoms with van der Waals surface area (Å²) in [5.41, 5.74) is 3.89. The van der Waals surface area contributed by atoms with Gasteiger partial charge in [-0.15, -0.1) is 10.2 Å². The molecule has 0 radical (unpaired) electrons. The monoisotopic (exact) mass is 334 g/mol. The molecule has 2 heterocycles. The molecule has 2 aromatic carbocycles. The summed E-state index contributed by atoms with van der Waals surface area (Å²) in [5.74, 6) is -0.124. The lowest BCUT2D eigenvalue weighted by Gasteiger charge is -2.26. The molecule has 0 saturated heterocycles. The average Bonchev–Trinajstić information content (AvgIpc) is 3.21. The molecule has 1 aliphatic heterocycles. The molecule has 6 nitrogen and oxygen atoms in total. The number of nitrogens with zero attached hydrogens (tertiary/aromatic N) is 3. The molecule has 1 aromatic heterocycles. The first-order valence-electron chi connectivity index (χ1n) is 8.24. The highest BCUT2D eigenvalue weighted by Gasteiger charge is 2.21. The number of carbonyl (C=O) groups excluding carboxylic acids is 1. The van der Waals surface area contributed by atoms with E-state index in [0.717, 1.165) is 17.7 Å². The fourth-order valence-corrected chi connectivity index (χ4v) is 3.08. The highest BCUT2D eigenvalue weighted by atomic mass is 16.5. The zero-order valence-corrected chi connectivity index (χ0v) is 13.6. The molecule has 25 heavy (non-hydrogen) atoms. The fraction of sp³-hybridized carbons (Fsp3) is 0.211. The Bertz CT molecular complexity index is 877. The minimum absolute atomic E-state index is 0.102. The lowest BCUT2D eigenvalue weighted by molar-refractivity contribution is 0.0411. The number of hydrogen-bond donors (Lipinski definition) is 1. The first-order chi connectivity index (χ1) is 12.3. The van der Waals surface area contributed by atoms with Crippen LogP contribution in [0, 0.1) is 0 Å². The molecule has 0 spiro atoms. The maximum absolute atomic E-state index is 12.5. The topological polar surface area (TPSA) is 69.0 Å². The first-order valence-corrected chi connectivity index (χ1v) is 8.24. The molecule has 1 aliphatic rings. The van der Waals surface area contributed by atoms with Crippen molar-refractivity contribution < 1.29 is 9.53 Å². The third-order valence-corrected chi connectivity index (χ3v) is 4.37. The number of benzene rings is 2. The van der Waals surface area contributed by atoms with E-state index in [2.05, 4.69) is 27.6 Å². The van der Waals surface area contributed by atoms with Gasteiger partial charge in [0.15, 0.2) is 0 Å². The van der Waals surface area contributed by atoms with Crippen LogP contribution in [0.25, 0.3) is 5.69 Å². The summed E-state index contributed by atoms with van der Waals surface area (Å²) in [5, 5.41) is 10.6. The van der Waals surface area contributed by atoms with Crippen LogP contribution < -0.4 is 5.32 Å². The zero-order chi connectivity index (χ0) is 17.1. The second-order valence-corrected chi connectivity index (χ2v) is 5.94. The number of amides is 1. The SMILES string of the molecule is O=C(NC[C@@H]1OCCc2ccccc21)c1cccc(-n2cnnc2)c1. The first kappa shape index (κ1) is 15.5. The number of nitrogens with one attached hydrogen (secondary N) is 1. The second kappa shape index (κ2) is 6.86. The van der Waals surface area contributed by atoms with E-state index in [-0.39, 0.29) is 12.0 Å². The Kier molecular flexibility index (Phi) is 4.26. The number of hydrogen-bond acceptors (Lipinski definition) is 4. The van der Waals surface area contributed by atoms with Crippen molar-refractivity contribution in [1.82, 2.24) is 20.1 Å². The molecule has 4 rings (SSSR count). The summed E-state index contributed by atoms with van der Waals surface area (Å²) in [6, 6.07) is 15.6. The van der Waals surface area contributed by atoms with Gasteiger partial charge in [0.05, 0.1) is 6.61 Å². The maximum atomic E-state index is 12.5. The van der Waals surface area contributed by atoms with Crippen LogP contribution in [-0.2, 0) is 11.2 Å². The highest BCUT2D eigenvalue weighted by molar-refractivity contribution is 5.94. The molecule has 0 saturated carbocycles. The zero-order valence-electron chi connectivity index (χ0n) is 13.6. The summed E-state index contributed by atoms with van der Waals surface area (Å²) < 4.78 is 7.60. The summed E-state index contributed by atoms with van der Waals surface area (Å²) >= 11 is 0. The number of ether oxygens (including phenoxy) is 1. The predicted molar refractivity (Wildman–Crippen MR) is 92.5 cm³/mol. The minimum atomic E-state index is -0.124. The summed E-state index contributed by atoms with van der Waals surface area (Å²) in [6.07, 6.45) is 4.02. The van der Waals surface area contributed by atoms with E-state index in [4.69, 9.17) is 4.74 Å². The third-order valence-electron chi connectivity index (χ3n) is 4.37. The molecular weight excluding hydrogens is 316 g/mol. The Labute approximate surface area is 145 Å². The summed E-state index contributed by atoms with van der Waals surface area (Å²) in [6.45, 7) is 1.13. The lowest BCUT2D eigenvalue weighted by atomic mass is 9.97. The average molecular weight is 334 g/mol. The van der Waals surface area contributed by atoms with Crippen molar-refractivity contribution >= 4 is 5.91 Å². The van der Waals surface area contributed by atoms with Gasteiger partial charge < -0.3 is 10.1 Å². The number of fused-ring (bicyclic) bond motifs is 1. The Balaban J connectivity index is 1.46. The molecule has 0 aliphatic carbocycles. The van der Waals surface area contributed by atoms with Gasteiger partial charge in [0.2, 0.25) is 0 Å². The Morgan fingerprint density at radius 2 is 2.00 bits per heavy atom. The Morgan fingerprint density at radius 1 is 1.16 bits per heavy atom. The van der Waals surface area contributed by atoms with Crippen molar-refractivity contribution in [3.05, 3.63) is 77.9 Å². The molecule has 126 valence electrons. The van der Waals surface area contributed by atoms with E-state index < -0.39 is 0 Å². The molecule has 0 unspecified atom stereocenters. The van der Waals surface area contributed by atoms with Crippen LogP contribution in [0.15, 0.2) is 61.2 Å². The van der Waals surface area contributed by atoms with Crippen LogP contribution in [0.3, 0.4) is 0 Å². The van der Waals surface area contributed by atoms with Gasteiger partial charge in [0.25, 0.3) is 5.91 Å². The van der Waals surface area contributed by atoms with Gasteiger partial charge >= 0.3 is 0 Å². The highest BCUT2D eigenvalue weighted by Crippen LogP contribution is 2.26. The summed E-state index contributed by atoms with van der Waals surface area (Å²) in [7, 11) is 0. The van der Waals surface area contributed by atoms with Crippen molar-refractivity contribution in [2.24, 2.45) is 0 Å². The largest absolute Gasteiger partial charge is 0.371 e. The molecule has 6 heteroatoms. The van der Waals surface area contributed by atoms with Crippen LogP contribution in [0.1, 0.15) is 27.6 Å². The van der Waals surface area contributed by atoms with Crippen LogP contribution in [-0.4, -0.2) is 33.8 Å². The molecule has 0 fully saturated rings. The van der Waals surface area contributed by atoms with Gasteiger partial charge in [-0.05, 0) is 35.7 Å². The van der Waals surface area contributed by atoms with Crippen LogP contribution in [0.2, 0.25) is 0 Å². The number of carbonyl (C=O) groups is 1. The molecule has 1 atom stereocenters. The van der Waals surface area contributed by atoms with E-state index in [0.29, 0.717) is 18.7 Å². The van der Waals surface area contributed by atoms with E-state index in [1.807, 2.05) is 30.3 Å². The third kappa shape index (κ3) is 3.29. The second-order valence-electron chi connectivity index (χ2n) is 5.94. The van der Waals surface area contributed by atoms with Gasteiger partial charge in [0, 0.05) is 17.8 Å². The van der Waals surface area contributed by atoms with Crippen LogP contribution in [0.4, 0.5) is 0 Å². The molecule has 1 amide bonds. The molecular formula is C19H18N4O2. The molecule has 3 aromatic rings. The lowest BCUT2D eigenvalue weighted by Crippen LogP contribution is -2.31. The maximum Gasteiger partial charge on any atom is 0.251 e. The number of rotatable bonds is 4. The van der Waals surface area contributed by atoms with Crippen LogP contribution in [0.5, 0.6) is 0 Å². The Morgan fingerprint density at radius 3 is 2.88 bits per heavy atom. The van der Waals surface area contributed by atoms with Crippen molar-refractivity contribution in [3.8, 4) is 5.69 Å². The normalized spacial score (nSPS) is 16.2. The molecule has 1 N–H and O–H groups in total. The van der Waals surface area contributed by atoms with Crippen LogP contribution >= 0.6 is 0 Å². The number of aromatic nitrogens is 3. The van der Waals surface area contributed by atoms with Crippen molar-refractivity contribution in [1.29, 1.82) is 0 Å². The van der Waals surface area contributed by atoms with Gasteiger partial charge in [0.1, 0.15) is 18.8 Å². The van der Waals surface area contributed by atoms with Gasteiger partial charge in [-0.1, -0.05) is 30.3 Å². The van der Waals surface area contributed by atoms with Gasteiger partial charge in [-0.25, -0.2) is 0 Å². The van der Waals surface area contributed by atoms with Crippen molar-refractivity contribution in [2.45, 2.75) is 12.5 Å². The van der Waals surface area contributed by atoms with Crippen molar-refractivity contribution in [3.63, 3.8) is 0 Å². The molecule has 0 bridgehead atoms. The summed E-state index contributed by atoms with van der Waals surface area (Å²) in [4.78, 5) is 12.5. The van der Waals surface area contributed by atoms with Gasteiger partial charge in [-0.3, -0.25) is 9.36 Å². The quantitative estimate of drug-likeness (QED) is 0.795. The van der Waals surface area contributed by atoms with E-state index in [1.54, 1.807) is 23.3 Å². The van der Waals surface area contributed by atoms with Crippen molar-refractivity contribution in [2.75, 3.05) is 13.2 Å².